The van der Waals surface area contributed by atoms with Crippen LogP contribution in [0, 0.1) is 11.8 Å². The smallest absolute Gasteiger partial charge is 0.410 e. The van der Waals surface area contributed by atoms with Gasteiger partial charge in [-0.1, -0.05) is 46.2 Å². The van der Waals surface area contributed by atoms with Crippen LogP contribution < -0.4 is 0 Å². The van der Waals surface area contributed by atoms with Gasteiger partial charge in [0.25, 0.3) is 5.91 Å². The van der Waals surface area contributed by atoms with Crippen molar-refractivity contribution < 1.29 is 23.9 Å². The number of rotatable bonds is 5. The lowest BCUT2D eigenvalue weighted by Gasteiger charge is -2.42. The lowest BCUT2D eigenvalue weighted by atomic mass is 9.92. The summed E-state index contributed by atoms with van der Waals surface area (Å²) < 4.78 is 10.5. The molecule has 0 aromatic carbocycles. The Balaban J connectivity index is 2.43. The second-order valence-corrected chi connectivity index (χ2v) is 11.9. The molecular weight excluding hydrogens is 472 g/mol. The molecule has 35 heavy (non-hydrogen) atoms. The molecule has 0 aliphatic carbocycles. The topological polar surface area (TPSA) is 102 Å². The average Bonchev–Trinajstić information content (AvgIpc) is 2.74. The standard InChI is InChI=1S/C25H39ClN4O5/c1-15(2)12-30(20(31)18-11-27-22(24(3,4)5)28-19(18)26)17-10-16(21(32)34-9)13-29(14-17)23(33)35-25(6,7)8/h11,15-17H,10,12-14H2,1-9H3. The molecule has 1 fully saturated rings. The number of amides is 2. The Kier molecular flexibility index (Phi) is 9.14. The van der Waals surface area contributed by atoms with E-state index in [2.05, 4.69) is 9.97 Å². The van der Waals surface area contributed by atoms with Gasteiger partial charge in [0.1, 0.15) is 16.6 Å². The van der Waals surface area contributed by atoms with Crippen molar-refractivity contribution in [3.8, 4) is 0 Å². The molecule has 1 aromatic rings. The number of ether oxygens (including phenoxy) is 2. The summed E-state index contributed by atoms with van der Waals surface area (Å²) in [5.41, 5.74) is -0.838. The van der Waals surface area contributed by atoms with Crippen molar-refractivity contribution in [3.63, 3.8) is 0 Å². The number of methoxy groups -OCH3 is 1. The number of hydrogen-bond acceptors (Lipinski definition) is 7. The summed E-state index contributed by atoms with van der Waals surface area (Å²) in [5, 5.41) is 0.0769. The summed E-state index contributed by atoms with van der Waals surface area (Å²) >= 11 is 6.45. The highest BCUT2D eigenvalue weighted by Crippen LogP contribution is 2.28. The predicted molar refractivity (Wildman–Crippen MR) is 133 cm³/mol. The third kappa shape index (κ3) is 7.78. The molecular formula is C25H39ClN4O5. The van der Waals surface area contributed by atoms with E-state index >= 15 is 0 Å². The molecule has 0 radical (unpaired) electrons. The minimum Gasteiger partial charge on any atom is -0.469 e. The van der Waals surface area contributed by atoms with E-state index in [-0.39, 0.29) is 41.0 Å². The van der Waals surface area contributed by atoms with Gasteiger partial charge in [0, 0.05) is 31.2 Å². The van der Waals surface area contributed by atoms with Gasteiger partial charge in [-0.3, -0.25) is 9.59 Å². The molecule has 0 N–H and O–H groups in total. The van der Waals surface area contributed by atoms with Crippen LogP contribution in [0.4, 0.5) is 4.79 Å². The highest BCUT2D eigenvalue weighted by atomic mass is 35.5. The van der Waals surface area contributed by atoms with E-state index in [1.54, 1.807) is 25.7 Å². The normalized spacial score (nSPS) is 18.9. The van der Waals surface area contributed by atoms with E-state index in [1.165, 1.54) is 18.2 Å². The third-order valence-electron chi connectivity index (χ3n) is 5.52. The monoisotopic (exact) mass is 510 g/mol. The first-order chi connectivity index (χ1) is 16.0. The maximum absolute atomic E-state index is 13.7. The average molecular weight is 511 g/mol. The van der Waals surface area contributed by atoms with Crippen LogP contribution in [0.5, 0.6) is 0 Å². The number of halogens is 1. The molecule has 1 aliphatic rings. The molecule has 9 nitrogen and oxygen atoms in total. The van der Waals surface area contributed by atoms with Crippen LogP contribution in [-0.2, 0) is 19.7 Å². The van der Waals surface area contributed by atoms with Gasteiger partial charge in [-0.2, -0.15) is 0 Å². The zero-order valence-corrected chi connectivity index (χ0v) is 23.1. The van der Waals surface area contributed by atoms with E-state index in [0.29, 0.717) is 18.8 Å². The zero-order valence-electron chi connectivity index (χ0n) is 22.3. The van der Waals surface area contributed by atoms with E-state index in [1.807, 2.05) is 34.6 Å². The van der Waals surface area contributed by atoms with Gasteiger partial charge in [0.05, 0.1) is 24.6 Å². The molecule has 1 aromatic heterocycles. The van der Waals surface area contributed by atoms with Gasteiger partial charge in [-0.15, -0.1) is 0 Å². The molecule has 2 rings (SSSR count). The van der Waals surface area contributed by atoms with Gasteiger partial charge >= 0.3 is 12.1 Å². The molecule has 10 heteroatoms. The zero-order chi connectivity index (χ0) is 26.7. The Morgan fingerprint density at radius 3 is 2.29 bits per heavy atom. The van der Waals surface area contributed by atoms with Crippen LogP contribution in [0.3, 0.4) is 0 Å². The Morgan fingerprint density at radius 2 is 1.80 bits per heavy atom. The molecule has 0 bridgehead atoms. The van der Waals surface area contributed by atoms with Gasteiger partial charge in [-0.05, 0) is 33.1 Å². The molecule has 2 unspecified atom stereocenters. The summed E-state index contributed by atoms with van der Waals surface area (Å²) in [6.45, 7) is 16.0. The largest absolute Gasteiger partial charge is 0.469 e. The van der Waals surface area contributed by atoms with E-state index in [4.69, 9.17) is 21.1 Å². The molecule has 0 saturated carbocycles. The highest BCUT2D eigenvalue weighted by molar-refractivity contribution is 6.32. The van der Waals surface area contributed by atoms with Crippen molar-refractivity contribution in [2.24, 2.45) is 11.8 Å². The number of esters is 1. The Morgan fingerprint density at radius 1 is 1.17 bits per heavy atom. The Labute approximate surface area is 213 Å². The quantitative estimate of drug-likeness (QED) is 0.429. The summed E-state index contributed by atoms with van der Waals surface area (Å²) in [6.07, 6.45) is 1.27. The minimum atomic E-state index is -0.697. The van der Waals surface area contributed by atoms with Gasteiger partial charge < -0.3 is 19.3 Å². The van der Waals surface area contributed by atoms with E-state index in [9.17, 15) is 14.4 Å². The number of hydrogen-bond donors (Lipinski definition) is 0. The Hall–Kier alpha value is -2.42. The van der Waals surface area contributed by atoms with Crippen LogP contribution in [0.15, 0.2) is 6.20 Å². The number of piperidine rings is 1. The summed E-state index contributed by atoms with van der Waals surface area (Å²) in [4.78, 5) is 51.0. The van der Waals surface area contributed by atoms with Crippen molar-refractivity contribution in [3.05, 3.63) is 22.7 Å². The number of aromatic nitrogens is 2. The maximum atomic E-state index is 13.7. The summed E-state index contributed by atoms with van der Waals surface area (Å²) in [5.74, 6) is -0.710. The molecule has 1 saturated heterocycles. The molecule has 2 atom stereocenters. The second-order valence-electron chi connectivity index (χ2n) is 11.5. The number of likely N-dealkylation sites (tertiary alicyclic amines) is 1. The lowest BCUT2D eigenvalue weighted by Crippen LogP contribution is -2.57. The van der Waals surface area contributed by atoms with Gasteiger partial charge in [0.15, 0.2) is 0 Å². The van der Waals surface area contributed by atoms with Crippen LogP contribution >= 0.6 is 11.6 Å². The number of carbonyl (C=O) groups excluding carboxylic acids is 3. The van der Waals surface area contributed by atoms with Crippen LogP contribution in [-0.4, -0.2) is 76.1 Å². The van der Waals surface area contributed by atoms with Crippen molar-refractivity contribution in [2.45, 2.75) is 78.9 Å². The van der Waals surface area contributed by atoms with Crippen molar-refractivity contribution in [2.75, 3.05) is 26.7 Å². The fourth-order valence-electron chi connectivity index (χ4n) is 3.92. The maximum Gasteiger partial charge on any atom is 0.410 e. The second kappa shape index (κ2) is 11.1. The van der Waals surface area contributed by atoms with Crippen molar-refractivity contribution in [1.82, 2.24) is 19.8 Å². The molecule has 1 aliphatic heterocycles. The van der Waals surface area contributed by atoms with Crippen LogP contribution in [0.2, 0.25) is 5.15 Å². The van der Waals surface area contributed by atoms with Crippen LogP contribution in [0.25, 0.3) is 0 Å². The third-order valence-corrected chi connectivity index (χ3v) is 5.81. The SMILES string of the molecule is COC(=O)C1CC(N(CC(C)C)C(=O)c2cnc(C(C)(C)C)nc2Cl)CN(C(=O)OC(C)(C)C)C1. The van der Waals surface area contributed by atoms with Crippen molar-refractivity contribution in [1.29, 1.82) is 0 Å². The van der Waals surface area contributed by atoms with Crippen molar-refractivity contribution >= 4 is 29.6 Å². The van der Waals surface area contributed by atoms with Gasteiger partial charge in [0.2, 0.25) is 0 Å². The fourth-order valence-corrected chi connectivity index (χ4v) is 4.13. The lowest BCUT2D eigenvalue weighted by molar-refractivity contribution is -0.148. The predicted octanol–water partition coefficient (Wildman–Crippen LogP) is 4.32. The number of nitrogens with zero attached hydrogens (tertiary/aromatic N) is 4. The fraction of sp³-hybridized carbons (Fsp3) is 0.720. The van der Waals surface area contributed by atoms with Gasteiger partial charge in [-0.25, -0.2) is 14.8 Å². The molecule has 0 spiro atoms. The van der Waals surface area contributed by atoms with E-state index < -0.39 is 29.6 Å². The van der Waals surface area contributed by atoms with E-state index in [0.717, 1.165) is 0 Å². The highest BCUT2D eigenvalue weighted by Gasteiger charge is 2.40. The minimum absolute atomic E-state index is 0.0769. The molecule has 196 valence electrons. The first-order valence-electron chi connectivity index (χ1n) is 11.9. The molecule has 2 amide bonds. The van der Waals surface area contributed by atoms with Crippen LogP contribution in [0.1, 0.15) is 78.0 Å². The summed E-state index contributed by atoms with van der Waals surface area (Å²) in [6, 6.07) is -0.450. The molecule has 2 heterocycles. The summed E-state index contributed by atoms with van der Waals surface area (Å²) in [7, 11) is 1.31. The first-order valence-corrected chi connectivity index (χ1v) is 12.3. The number of carbonyl (C=O) groups is 3. The Bertz CT molecular complexity index is 939. The first kappa shape index (κ1) is 28.8.